The van der Waals surface area contributed by atoms with E-state index >= 15 is 0 Å². The molecule has 20 heavy (non-hydrogen) atoms. The Balaban J connectivity index is 2.18. The minimum atomic E-state index is -1.64. The smallest absolute Gasteiger partial charge is 0.150 e. The summed E-state index contributed by atoms with van der Waals surface area (Å²) < 4.78 is 0. The van der Waals surface area contributed by atoms with Crippen molar-refractivity contribution in [1.82, 2.24) is 0 Å². The quantitative estimate of drug-likeness (QED) is 0.245. The van der Waals surface area contributed by atoms with Crippen LogP contribution in [-0.2, 0) is 0 Å². The Morgan fingerprint density at radius 1 is 0.850 bits per heavy atom. The molecule has 0 fully saturated rings. The van der Waals surface area contributed by atoms with E-state index in [0.717, 1.165) is 6.42 Å². The van der Waals surface area contributed by atoms with E-state index in [1.807, 2.05) is 0 Å². The van der Waals surface area contributed by atoms with Gasteiger partial charge in [0.25, 0.3) is 0 Å². The van der Waals surface area contributed by atoms with Crippen molar-refractivity contribution < 1.29 is 0 Å². The first kappa shape index (κ1) is 18.1. The maximum Gasteiger partial charge on any atom is 0.244 e. The average molecular weight is 331 g/mol. The predicted octanol–water partition coefficient (Wildman–Crippen LogP) is 6.54. The zero-order valence-electron chi connectivity index (χ0n) is 12.7. The van der Waals surface area contributed by atoms with Crippen molar-refractivity contribution in [3.8, 4) is 0 Å². The Morgan fingerprint density at radius 2 is 1.40 bits per heavy atom. The van der Waals surface area contributed by atoms with Crippen molar-refractivity contribution in [3.63, 3.8) is 0 Å². The lowest BCUT2D eigenvalue weighted by Crippen LogP contribution is -2.11. The van der Waals surface area contributed by atoms with Gasteiger partial charge >= 0.3 is 0 Å². The number of benzene rings is 1. The summed E-state index contributed by atoms with van der Waals surface area (Å²) in [6, 6.07) is 10.6. The van der Waals surface area contributed by atoms with E-state index in [4.69, 9.17) is 22.2 Å². The molecule has 1 aromatic carbocycles. The molecule has 0 aliphatic rings. The Kier molecular flexibility index (Phi) is 10.5. The van der Waals surface area contributed by atoms with Gasteiger partial charge in [-0.3, -0.25) is 0 Å². The molecular formula is C17H28Cl2Si. The van der Waals surface area contributed by atoms with Crippen LogP contribution in [0, 0.1) is 0 Å². The summed E-state index contributed by atoms with van der Waals surface area (Å²) in [6.45, 7) is 2.27. The fourth-order valence-electron chi connectivity index (χ4n) is 2.64. The number of unbranched alkanes of at least 4 members (excludes halogenated alkanes) is 7. The fourth-order valence-corrected chi connectivity index (χ4v) is 5.27. The molecule has 1 unspecified atom stereocenters. The highest BCUT2D eigenvalue weighted by atomic mass is 35.7. The molecule has 0 nitrogen and oxygen atoms in total. The monoisotopic (exact) mass is 330 g/mol. The number of hydrogen-bond acceptors (Lipinski definition) is 0. The molecule has 0 saturated heterocycles. The second-order valence-corrected chi connectivity index (χ2v) is 10.6. The third-order valence-corrected chi connectivity index (χ3v) is 7.05. The average Bonchev–Trinajstić information content (AvgIpc) is 2.46. The first-order chi connectivity index (χ1) is 9.75. The lowest BCUT2D eigenvalue weighted by molar-refractivity contribution is 0.561. The van der Waals surface area contributed by atoms with Gasteiger partial charge in [0, 0.05) is 5.54 Å². The summed E-state index contributed by atoms with van der Waals surface area (Å²) in [5.74, 6) is 0. The van der Waals surface area contributed by atoms with Crippen molar-refractivity contribution in [2.75, 3.05) is 0 Å². The van der Waals surface area contributed by atoms with Crippen LogP contribution in [-0.4, -0.2) is 7.42 Å². The molecule has 0 amide bonds. The maximum absolute atomic E-state index is 6.28. The molecule has 1 atom stereocenters. The van der Waals surface area contributed by atoms with Crippen LogP contribution in [0.3, 0.4) is 0 Å². The van der Waals surface area contributed by atoms with Crippen LogP contribution >= 0.6 is 22.2 Å². The minimum absolute atomic E-state index is 0.416. The van der Waals surface area contributed by atoms with Gasteiger partial charge in [-0.1, -0.05) is 88.6 Å². The third-order valence-electron chi connectivity index (χ3n) is 3.90. The van der Waals surface area contributed by atoms with Crippen LogP contribution in [0.15, 0.2) is 30.3 Å². The molecule has 0 aliphatic carbocycles. The van der Waals surface area contributed by atoms with E-state index in [2.05, 4.69) is 37.3 Å². The van der Waals surface area contributed by atoms with E-state index in [1.54, 1.807) is 0 Å². The van der Waals surface area contributed by atoms with Crippen LogP contribution in [0.1, 0.15) is 75.8 Å². The molecule has 0 spiro atoms. The van der Waals surface area contributed by atoms with E-state index < -0.39 is 7.42 Å². The standard InChI is InChI=1S/C17H28Cl2Si/c1-2-3-4-5-6-7-8-12-15-17(20(18)19)16-13-10-9-11-14-16/h9-11,13-14,17,20H,2-8,12,15H2,1H3. The summed E-state index contributed by atoms with van der Waals surface area (Å²) >= 11 is 12.6. The molecule has 3 heteroatoms. The van der Waals surface area contributed by atoms with Crippen LogP contribution in [0.2, 0.25) is 0 Å². The molecule has 1 aromatic rings. The van der Waals surface area contributed by atoms with E-state index in [1.165, 1.54) is 56.9 Å². The van der Waals surface area contributed by atoms with Crippen LogP contribution in [0.25, 0.3) is 0 Å². The largest absolute Gasteiger partial charge is 0.244 e. The van der Waals surface area contributed by atoms with Gasteiger partial charge in [0.1, 0.15) is 0 Å². The van der Waals surface area contributed by atoms with Crippen LogP contribution < -0.4 is 0 Å². The fraction of sp³-hybridized carbons (Fsp3) is 0.647. The Morgan fingerprint density at radius 3 is 1.95 bits per heavy atom. The van der Waals surface area contributed by atoms with Gasteiger partial charge in [-0.2, -0.15) is 0 Å². The lowest BCUT2D eigenvalue weighted by atomic mass is 10.0. The second kappa shape index (κ2) is 11.7. The van der Waals surface area contributed by atoms with Gasteiger partial charge in [0.15, 0.2) is 0 Å². The Labute approximate surface area is 135 Å². The molecule has 0 N–H and O–H groups in total. The second-order valence-electron chi connectivity index (χ2n) is 5.62. The normalized spacial score (nSPS) is 12.8. The van der Waals surface area contributed by atoms with Crippen molar-refractivity contribution in [2.45, 2.75) is 70.3 Å². The molecular weight excluding hydrogens is 303 g/mol. The Bertz CT molecular complexity index is 327. The molecule has 0 saturated carbocycles. The molecule has 1 rings (SSSR count). The molecule has 0 heterocycles. The first-order valence-corrected chi connectivity index (χ1v) is 12.2. The maximum atomic E-state index is 6.28. The highest BCUT2D eigenvalue weighted by Gasteiger charge is 2.20. The molecule has 0 aromatic heterocycles. The third kappa shape index (κ3) is 7.71. The zero-order chi connectivity index (χ0) is 14.6. The molecule has 0 bridgehead atoms. The van der Waals surface area contributed by atoms with Crippen LogP contribution in [0.4, 0.5) is 0 Å². The minimum Gasteiger partial charge on any atom is -0.150 e. The topological polar surface area (TPSA) is 0 Å². The van der Waals surface area contributed by atoms with Gasteiger partial charge in [-0.25, -0.2) is 0 Å². The van der Waals surface area contributed by atoms with Gasteiger partial charge in [-0.05, 0) is 12.0 Å². The van der Waals surface area contributed by atoms with E-state index in [9.17, 15) is 0 Å². The van der Waals surface area contributed by atoms with Gasteiger partial charge in [0.2, 0.25) is 7.42 Å². The molecule has 114 valence electrons. The predicted molar refractivity (Wildman–Crippen MR) is 95.3 cm³/mol. The summed E-state index contributed by atoms with van der Waals surface area (Å²) in [4.78, 5) is 0. The van der Waals surface area contributed by atoms with Crippen molar-refractivity contribution in [2.24, 2.45) is 0 Å². The number of halogens is 2. The summed E-state index contributed by atoms with van der Waals surface area (Å²) in [5.41, 5.74) is 1.75. The Hall–Kier alpha value is 0.0169. The highest BCUT2D eigenvalue weighted by molar-refractivity contribution is 7.34. The van der Waals surface area contributed by atoms with E-state index in [-0.39, 0.29) is 0 Å². The number of hydrogen-bond donors (Lipinski definition) is 0. The van der Waals surface area contributed by atoms with Crippen molar-refractivity contribution in [3.05, 3.63) is 35.9 Å². The highest BCUT2D eigenvalue weighted by Crippen LogP contribution is 2.29. The molecule has 0 radical (unpaired) electrons. The van der Waals surface area contributed by atoms with Crippen molar-refractivity contribution >= 4 is 29.6 Å². The summed E-state index contributed by atoms with van der Waals surface area (Å²) in [6.07, 6.45) is 12.0. The first-order valence-electron chi connectivity index (χ1n) is 8.08. The SMILES string of the molecule is CCCCCCCCCCC(c1ccccc1)[SiH](Cl)Cl. The van der Waals surface area contributed by atoms with Gasteiger partial charge in [-0.15, -0.1) is 22.2 Å². The van der Waals surface area contributed by atoms with Gasteiger partial charge < -0.3 is 0 Å². The van der Waals surface area contributed by atoms with Crippen LogP contribution in [0.5, 0.6) is 0 Å². The lowest BCUT2D eigenvalue weighted by Gasteiger charge is -2.17. The molecule has 0 aliphatic heterocycles. The van der Waals surface area contributed by atoms with Crippen molar-refractivity contribution in [1.29, 1.82) is 0 Å². The summed E-state index contributed by atoms with van der Waals surface area (Å²) in [7, 11) is -1.64. The van der Waals surface area contributed by atoms with Gasteiger partial charge in [0.05, 0.1) is 0 Å². The number of rotatable bonds is 11. The van der Waals surface area contributed by atoms with E-state index in [0.29, 0.717) is 5.54 Å². The summed E-state index contributed by atoms with van der Waals surface area (Å²) in [5, 5.41) is 0. The zero-order valence-corrected chi connectivity index (χ0v) is 15.3.